The van der Waals surface area contributed by atoms with Crippen LogP contribution in [0.1, 0.15) is 31.0 Å². The Bertz CT molecular complexity index is 642. The monoisotopic (exact) mass is 278 g/mol. The van der Waals surface area contributed by atoms with Gasteiger partial charge < -0.3 is 0 Å². The van der Waals surface area contributed by atoms with Gasteiger partial charge in [0.25, 0.3) is 0 Å². The van der Waals surface area contributed by atoms with E-state index in [1.165, 1.54) is 0 Å². The molecule has 0 N–H and O–H groups in total. The Hall–Kier alpha value is -1.30. The van der Waals surface area contributed by atoms with Crippen LogP contribution in [0.25, 0.3) is 10.9 Å². The molecule has 1 aromatic carbocycles. The van der Waals surface area contributed by atoms with Crippen molar-refractivity contribution >= 4 is 34.1 Å². The third-order valence-corrected chi connectivity index (χ3v) is 3.30. The highest BCUT2D eigenvalue weighted by molar-refractivity contribution is 6.38. The van der Waals surface area contributed by atoms with Crippen molar-refractivity contribution in [3.05, 3.63) is 39.5 Å². The number of benzene rings is 1. The maximum atomic E-state index is 8.91. The molecule has 0 radical (unpaired) electrons. The molecule has 4 heteroatoms. The van der Waals surface area contributed by atoms with Crippen LogP contribution in [0.2, 0.25) is 10.0 Å². The van der Waals surface area contributed by atoms with E-state index < -0.39 is 0 Å². The van der Waals surface area contributed by atoms with Crippen molar-refractivity contribution in [3.63, 3.8) is 0 Å². The molecule has 0 aliphatic carbocycles. The van der Waals surface area contributed by atoms with Gasteiger partial charge in [0.2, 0.25) is 0 Å². The average molecular weight is 279 g/mol. The zero-order chi connectivity index (χ0) is 13.3. The highest BCUT2D eigenvalue weighted by atomic mass is 35.5. The Kier molecular flexibility index (Phi) is 3.75. The predicted molar refractivity (Wildman–Crippen MR) is 75.2 cm³/mol. The number of fused-ring (bicyclic) bond motifs is 1. The highest BCUT2D eigenvalue weighted by Crippen LogP contribution is 2.31. The fraction of sp³-hybridized carbons (Fsp3) is 0.286. The van der Waals surface area contributed by atoms with Gasteiger partial charge in [-0.3, -0.25) is 4.98 Å². The molecule has 92 valence electrons. The van der Waals surface area contributed by atoms with E-state index >= 15 is 0 Å². The molecule has 0 bridgehead atoms. The van der Waals surface area contributed by atoms with Crippen LogP contribution in [-0.4, -0.2) is 4.98 Å². The number of halogens is 2. The summed E-state index contributed by atoms with van der Waals surface area (Å²) in [7, 11) is 0. The first kappa shape index (κ1) is 13.1. The zero-order valence-corrected chi connectivity index (χ0v) is 11.7. The summed E-state index contributed by atoms with van der Waals surface area (Å²) in [5, 5.41) is 10.9. The largest absolute Gasteiger partial charge is 0.251 e. The molecule has 1 heterocycles. The summed E-state index contributed by atoms with van der Waals surface area (Å²) in [6.07, 6.45) is 0.329. The number of hydrogen-bond donors (Lipinski definition) is 0. The second-order valence-electron chi connectivity index (χ2n) is 4.48. The van der Waals surface area contributed by atoms with Gasteiger partial charge in [-0.25, -0.2) is 0 Å². The van der Waals surface area contributed by atoms with E-state index in [9.17, 15) is 0 Å². The van der Waals surface area contributed by atoms with Gasteiger partial charge in [0.1, 0.15) is 0 Å². The van der Waals surface area contributed by atoms with Crippen molar-refractivity contribution in [1.29, 1.82) is 5.26 Å². The van der Waals surface area contributed by atoms with Crippen molar-refractivity contribution in [3.8, 4) is 6.07 Å². The molecule has 0 aliphatic heterocycles. The Morgan fingerprint density at radius 3 is 2.61 bits per heavy atom. The molecular formula is C14H12Cl2N2. The molecule has 0 saturated carbocycles. The normalized spacial score (nSPS) is 10.9. The Morgan fingerprint density at radius 1 is 1.28 bits per heavy atom. The maximum absolute atomic E-state index is 8.91. The topological polar surface area (TPSA) is 36.7 Å². The fourth-order valence-electron chi connectivity index (χ4n) is 1.87. The Morgan fingerprint density at radius 2 is 2.00 bits per heavy atom. The number of aromatic nitrogens is 1. The van der Waals surface area contributed by atoms with Crippen LogP contribution < -0.4 is 0 Å². The maximum Gasteiger partial charge on any atom is 0.0895 e. The van der Waals surface area contributed by atoms with Gasteiger partial charge in [0, 0.05) is 16.1 Å². The lowest BCUT2D eigenvalue weighted by molar-refractivity contribution is 0.827. The van der Waals surface area contributed by atoms with E-state index in [0.717, 1.165) is 22.2 Å². The lowest BCUT2D eigenvalue weighted by Crippen LogP contribution is -1.98. The summed E-state index contributed by atoms with van der Waals surface area (Å²) in [5.74, 6) is 0.290. The summed E-state index contributed by atoms with van der Waals surface area (Å²) in [5.41, 5.74) is 2.59. The van der Waals surface area contributed by atoms with E-state index in [1.54, 1.807) is 6.07 Å². The van der Waals surface area contributed by atoms with Crippen molar-refractivity contribution in [2.75, 3.05) is 0 Å². The summed E-state index contributed by atoms with van der Waals surface area (Å²) >= 11 is 12.2. The van der Waals surface area contributed by atoms with Gasteiger partial charge in [0.15, 0.2) is 0 Å². The quantitative estimate of drug-likeness (QED) is 0.796. The lowest BCUT2D eigenvalue weighted by Gasteiger charge is -2.11. The predicted octanol–water partition coefficient (Wildman–Crippen LogP) is 4.73. The van der Waals surface area contributed by atoms with Crippen LogP contribution in [0.5, 0.6) is 0 Å². The van der Waals surface area contributed by atoms with E-state index in [2.05, 4.69) is 24.9 Å². The van der Waals surface area contributed by atoms with Crippen molar-refractivity contribution < 1.29 is 0 Å². The van der Waals surface area contributed by atoms with Gasteiger partial charge in [-0.15, -0.1) is 0 Å². The molecule has 0 spiro atoms. The summed E-state index contributed by atoms with van der Waals surface area (Å²) in [4.78, 5) is 4.56. The first-order chi connectivity index (χ1) is 8.52. The minimum atomic E-state index is 0.290. The first-order valence-electron chi connectivity index (χ1n) is 5.68. The van der Waals surface area contributed by atoms with Crippen LogP contribution in [-0.2, 0) is 6.42 Å². The van der Waals surface area contributed by atoms with Crippen LogP contribution in [0.4, 0.5) is 0 Å². The van der Waals surface area contributed by atoms with Gasteiger partial charge in [-0.2, -0.15) is 5.26 Å². The smallest absolute Gasteiger partial charge is 0.0895 e. The van der Waals surface area contributed by atoms with Crippen molar-refractivity contribution in [2.45, 2.75) is 26.2 Å². The standard InChI is InChI=1S/C14H12Cl2N2/c1-8(2)13-5-9(3-4-17)11-6-10(15)7-12(16)14(11)18-13/h5-8H,3H2,1-2H3. The van der Waals surface area contributed by atoms with E-state index in [1.807, 2.05) is 12.1 Å². The minimum Gasteiger partial charge on any atom is -0.251 e. The molecule has 2 nitrogen and oxygen atoms in total. The van der Waals surface area contributed by atoms with Crippen molar-refractivity contribution in [2.24, 2.45) is 0 Å². The molecule has 18 heavy (non-hydrogen) atoms. The number of nitrogens with zero attached hydrogens (tertiary/aromatic N) is 2. The summed E-state index contributed by atoms with van der Waals surface area (Å²) in [6.45, 7) is 4.13. The van der Waals surface area contributed by atoms with Gasteiger partial charge >= 0.3 is 0 Å². The number of pyridine rings is 1. The van der Waals surface area contributed by atoms with Gasteiger partial charge in [-0.05, 0) is 29.7 Å². The lowest BCUT2D eigenvalue weighted by atomic mass is 10.0. The van der Waals surface area contributed by atoms with Crippen LogP contribution >= 0.6 is 23.2 Å². The molecule has 0 aliphatic rings. The Labute approximate surface area is 116 Å². The van der Waals surface area contributed by atoms with E-state index in [-0.39, 0.29) is 0 Å². The second-order valence-corrected chi connectivity index (χ2v) is 5.32. The van der Waals surface area contributed by atoms with Crippen molar-refractivity contribution in [1.82, 2.24) is 4.98 Å². The molecule has 0 atom stereocenters. The zero-order valence-electron chi connectivity index (χ0n) is 10.2. The first-order valence-corrected chi connectivity index (χ1v) is 6.44. The average Bonchev–Trinajstić information content (AvgIpc) is 2.29. The molecule has 2 rings (SSSR count). The van der Waals surface area contributed by atoms with Crippen LogP contribution in [0.3, 0.4) is 0 Å². The van der Waals surface area contributed by atoms with Gasteiger partial charge in [0.05, 0.1) is 23.0 Å². The fourth-order valence-corrected chi connectivity index (χ4v) is 2.40. The second kappa shape index (κ2) is 5.14. The van der Waals surface area contributed by atoms with Crippen LogP contribution in [0.15, 0.2) is 18.2 Å². The number of hydrogen-bond acceptors (Lipinski definition) is 2. The minimum absolute atomic E-state index is 0.290. The molecule has 2 aromatic rings. The SMILES string of the molecule is CC(C)c1cc(CC#N)c2cc(Cl)cc(Cl)c2n1. The number of rotatable bonds is 2. The third-order valence-electron chi connectivity index (χ3n) is 2.80. The Balaban J connectivity index is 2.81. The molecule has 1 aromatic heterocycles. The summed E-state index contributed by atoms with van der Waals surface area (Å²) < 4.78 is 0. The third kappa shape index (κ3) is 2.43. The highest BCUT2D eigenvalue weighted by Gasteiger charge is 2.11. The van der Waals surface area contributed by atoms with E-state index in [0.29, 0.717) is 22.4 Å². The molecule has 0 amide bonds. The molecular weight excluding hydrogens is 267 g/mol. The molecule has 0 fully saturated rings. The van der Waals surface area contributed by atoms with Gasteiger partial charge in [-0.1, -0.05) is 37.0 Å². The van der Waals surface area contributed by atoms with Crippen LogP contribution in [0, 0.1) is 11.3 Å². The molecule has 0 saturated heterocycles. The number of nitriles is 1. The van der Waals surface area contributed by atoms with E-state index in [4.69, 9.17) is 28.5 Å². The molecule has 0 unspecified atom stereocenters. The summed E-state index contributed by atoms with van der Waals surface area (Å²) in [6, 6.07) is 7.62.